The number of hydrogen-bond acceptors (Lipinski definition) is 2. The van der Waals surface area contributed by atoms with E-state index in [-0.39, 0.29) is 5.69 Å². The van der Waals surface area contributed by atoms with Crippen molar-refractivity contribution in [1.82, 2.24) is 4.98 Å². The maximum absolute atomic E-state index is 12.7. The summed E-state index contributed by atoms with van der Waals surface area (Å²) in [6.07, 6.45) is -2.84. The lowest BCUT2D eigenvalue weighted by atomic mass is 10.2. The van der Waals surface area contributed by atoms with E-state index in [1.807, 2.05) is 0 Å². The molecule has 1 N–H and O–H groups in total. The standard InChI is InChI=1S/C12H6Br3F3N2/c13-7-4-9(15)11(19-5-7)20-10-3-6(12(16,17)18)1-2-8(10)14/h1-5H,(H,19,20). The number of pyridine rings is 1. The van der Waals surface area contributed by atoms with Crippen LogP contribution in [0.1, 0.15) is 5.56 Å². The second-order valence-electron chi connectivity index (χ2n) is 3.80. The molecular formula is C12H6Br3F3N2. The Labute approximate surface area is 138 Å². The largest absolute Gasteiger partial charge is 0.416 e. The number of aromatic nitrogens is 1. The van der Waals surface area contributed by atoms with Gasteiger partial charge in [-0.25, -0.2) is 4.98 Å². The molecule has 0 spiro atoms. The summed E-state index contributed by atoms with van der Waals surface area (Å²) in [7, 11) is 0. The van der Waals surface area contributed by atoms with Crippen LogP contribution >= 0.6 is 47.8 Å². The number of anilines is 2. The summed E-state index contributed by atoms with van der Waals surface area (Å²) in [6.45, 7) is 0. The lowest BCUT2D eigenvalue weighted by Crippen LogP contribution is -2.06. The first-order chi connectivity index (χ1) is 9.27. The molecule has 0 radical (unpaired) electrons. The van der Waals surface area contributed by atoms with Gasteiger partial charge in [0, 0.05) is 15.1 Å². The molecule has 0 amide bonds. The molecule has 0 bridgehead atoms. The van der Waals surface area contributed by atoms with Crippen LogP contribution in [0.2, 0.25) is 0 Å². The predicted molar refractivity (Wildman–Crippen MR) is 82.1 cm³/mol. The van der Waals surface area contributed by atoms with Crippen molar-refractivity contribution < 1.29 is 13.2 Å². The van der Waals surface area contributed by atoms with E-state index in [1.165, 1.54) is 6.07 Å². The molecule has 0 saturated carbocycles. The highest BCUT2D eigenvalue weighted by Gasteiger charge is 2.31. The molecule has 1 aromatic heterocycles. The van der Waals surface area contributed by atoms with Crippen LogP contribution < -0.4 is 5.32 Å². The highest BCUT2D eigenvalue weighted by molar-refractivity contribution is 9.11. The van der Waals surface area contributed by atoms with Crippen molar-refractivity contribution >= 4 is 59.3 Å². The molecule has 106 valence electrons. The number of nitrogens with zero attached hydrogens (tertiary/aromatic N) is 1. The quantitative estimate of drug-likeness (QED) is 0.566. The van der Waals surface area contributed by atoms with Crippen LogP contribution in [-0.4, -0.2) is 4.98 Å². The average Bonchev–Trinajstić information content (AvgIpc) is 2.33. The average molecular weight is 475 g/mol. The third-order valence-corrected chi connectivity index (χ3v) is 4.08. The molecule has 0 aliphatic heterocycles. The number of benzene rings is 1. The Morgan fingerprint density at radius 1 is 1.00 bits per heavy atom. The highest BCUT2D eigenvalue weighted by atomic mass is 79.9. The predicted octanol–water partition coefficient (Wildman–Crippen LogP) is 6.13. The zero-order valence-electron chi connectivity index (χ0n) is 9.60. The van der Waals surface area contributed by atoms with E-state index < -0.39 is 11.7 Å². The Morgan fingerprint density at radius 3 is 2.30 bits per heavy atom. The van der Waals surface area contributed by atoms with Gasteiger partial charge in [-0.05, 0) is 72.1 Å². The Morgan fingerprint density at radius 2 is 1.70 bits per heavy atom. The first-order valence-corrected chi connectivity index (χ1v) is 7.60. The van der Waals surface area contributed by atoms with E-state index in [0.717, 1.165) is 16.6 Å². The van der Waals surface area contributed by atoms with Crippen molar-refractivity contribution in [2.75, 3.05) is 5.32 Å². The summed E-state index contributed by atoms with van der Waals surface area (Å²) in [5, 5.41) is 2.85. The Hall–Kier alpha value is -0.600. The van der Waals surface area contributed by atoms with Crippen LogP contribution in [0.3, 0.4) is 0 Å². The zero-order chi connectivity index (χ0) is 14.9. The summed E-state index contributed by atoms with van der Waals surface area (Å²) in [4.78, 5) is 4.10. The van der Waals surface area contributed by atoms with Gasteiger partial charge >= 0.3 is 6.18 Å². The second kappa shape index (κ2) is 6.03. The van der Waals surface area contributed by atoms with Crippen LogP contribution in [0, 0.1) is 0 Å². The Kier molecular flexibility index (Phi) is 4.76. The molecule has 8 heteroatoms. The van der Waals surface area contributed by atoms with E-state index in [9.17, 15) is 13.2 Å². The van der Waals surface area contributed by atoms with E-state index in [0.29, 0.717) is 14.8 Å². The van der Waals surface area contributed by atoms with Crippen molar-refractivity contribution in [3.63, 3.8) is 0 Å². The van der Waals surface area contributed by atoms with Gasteiger partial charge in [-0.2, -0.15) is 13.2 Å². The van der Waals surface area contributed by atoms with Gasteiger partial charge < -0.3 is 5.32 Å². The molecule has 0 aliphatic carbocycles. The van der Waals surface area contributed by atoms with Gasteiger partial charge in [-0.15, -0.1) is 0 Å². The summed E-state index contributed by atoms with van der Waals surface area (Å²) >= 11 is 9.76. The number of nitrogens with one attached hydrogen (secondary N) is 1. The van der Waals surface area contributed by atoms with E-state index >= 15 is 0 Å². The minimum atomic E-state index is -4.39. The molecule has 0 aliphatic rings. The molecule has 1 aromatic carbocycles. The molecular weight excluding hydrogens is 469 g/mol. The van der Waals surface area contributed by atoms with Crippen LogP contribution in [0.5, 0.6) is 0 Å². The maximum atomic E-state index is 12.7. The van der Waals surface area contributed by atoms with Crippen molar-refractivity contribution in [3.8, 4) is 0 Å². The molecule has 0 unspecified atom stereocenters. The van der Waals surface area contributed by atoms with Crippen molar-refractivity contribution in [3.05, 3.63) is 49.4 Å². The van der Waals surface area contributed by atoms with E-state index in [4.69, 9.17) is 0 Å². The number of hydrogen-bond donors (Lipinski definition) is 1. The Balaban J connectivity index is 2.38. The van der Waals surface area contributed by atoms with Crippen molar-refractivity contribution in [2.24, 2.45) is 0 Å². The first kappa shape index (κ1) is 15.8. The topological polar surface area (TPSA) is 24.9 Å². The number of rotatable bonds is 2. The van der Waals surface area contributed by atoms with Gasteiger partial charge in [0.05, 0.1) is 15.7 Å². The van der Waals surface area contributed by atoms with Gasteiger partial charge in [-0.3, -0.25) is 0 Å². The van der Waals surface area contributed by atoms with Gasteiger partial charge in [0.1, 0.15) is 5.82 Å². The van der Waals surface area contributed by atoms with Crippen LogP contribution in [0.15, 0.2) is 43.9 Å². The molecule has 0 saturated heterocycles. The molecule has 2 aromatic rings. The summed E-state index contributed by atoms with van der Waals surface area (Å²) in [6, 6.07) is 5.13. The molecule has 2 rings (SSSR count). The normalized spacial score (nSPS) is 11.5. The van der Waals surface area contributed by atoms with E-state index in [2.05, 4.69) is 58.1 Å². The third-order valence-electron chi connectivity index (χ3n) is 2.35. The number of halogens is 6. The van der Waals surface area contributed by atoms with E-state index in [1.54, 1.807) is 12.3 Å². The van der Waals surface area contributed by atoms with Crippen molar-refractivity contribution in [1.29, 1.82) is 0 Å². The third kappa shape index (κ3) is 3.73. The van der Waals surface area contributed by atoms with Gasteiger partial charge in [0.2, 0.25) is 0 Å². The molecule has 0 fully saturated rings. The zero-order valence-corrected chi connectivity index (χ0v) is 14.4. The Bertz CT molecular complexity index is 644. The number of alkyl halides is 3. The SMILES string of the molecule is FC(F)(F)c1ccc(Br)c(Nc2ncc(Br)cc2Br)c1. The first-order valence-electron chi connectivity index (χ1n) is 5.22. The summed E-state index contributed by atoms with van der Waals surface area (Å²) in [5.41, 5.74) is -0.438. The summed E-state index contributed by atoms with van der Waals surface area (Å²) < 4.78 is 40.0. The van der Waals surface area contributed by atoms with Gasteiger partial charge in [0.15, 0.2) is 0 Å². The minimum absolute atomic E-state index is 0.287. The monoisotopic (exact) mass is 472 g/mol. The van der Waals surface area contributed by atoms with Gasteiger partial charge in [0.25, 0.3) is 0 Å². The summed E-state index contributed by atoms with van der Waals surface area (Å²) in [5.74, 6) is 0.424. The maximum Gasteiger partial charge on any atom is 0.416 e. The second-order valence-corrected chi connectivity index (χ2v) is 6.43. The van der Waals surface area contributed by atoms with Gasteiger partial charge in [-0.1, -0.05) is 0 Å². The fourth-order valence-electron chi connectivity index (χ4n) is 1.43. The smallest absolute Gasteiger partial charge is 0.338 e. The van der Waals surface area contributed by atoms with Crippen LogP contribution in [-0.2, 0) is 6.18 Å². The minimum Gasteiger partial charge on any atom is -0.338 e. The fraction of sp³-hybridized carbons (Fsp3) is 0.0833. The molecule has 1 heterocycles. The lowest BCUT2D eigenvalue weighted by molar-refractivity contribution is -0.137. The van der Waals surface area contributed by atoms with Crippen molar-refractivity contribution in [2.45, 2.75) is 6.18 Å². The van der Waals surface area contributed by atoms with Crippen LogP contribution in [0.4, 0.5) is 24.7 Å². The van der Waals surface area contributed by atoms with Crippen LogP contribution in [0.25, 0.3) is 0 Å². The highest BCUT2D eigenvalue weighted by Crippen LogP contribution is 2.36. The molecule has 20 heavy (non-hydrogen) atoms. The molecule has 0 atom stereocenters. The molecule has 2 nitrogen and oxygen atoms in total. The lowest BCUT2D eigenvalue weighted by Gasteiger charge is -2.13. The fourth-order valence-corrected chi connectivity index (χ4v) is 2.86.